The smallest absolute Gasteiger partial charge is 0.0279 e. The summed E-state index contributed by atoms with van der Waals surface area (Å²) < 4.78 is 0. The summed E-state index contributed by atoms with van der Waals surface area (Å²) >= 11 is 1.74. The largest absolute Gasteiger partial charge is 0.196 e. The molecule has 4 aromatic rings. The van der Waals surface area contributed by atoms with E-state index in [4.69, 9.17) is 0 Å². The number of aryl methyl sites for hydroxylation is 4. The van der Waals surface area contributed by atoms with Gasteiger partial charge in [0.2, 0.25) is 0 Å². The van der Waals surface area contributed by atoms with Crippen molar-refractivity contribution in [3.05, 3.63) is 94.0 Å². The van der Waals surface area contributed by atoms with Crippen molar-refractivity contribution in [2.24, 2.45) is 0 Å². The number of benzene rings is 2. The van der Waals surface area contributed by atoms with Crippen LogP contribution in [0, 0.1) is 41.5 Å². The molecule has 0 nitrogen and oxygen atoms in total. The van der Waals surface area contributed by atoms with Crippen molar-refractivity contribution in [2.75, 3.05) is 0 Å². The Kier molecular flexibility index (Phi) is 9.26. The second kappa shape index (κ2) is 11.2. The second-order valence-electron chi connectivity index (χ2n) is 8.35. The predicted octanol–water partition coefficient (Wildman–Crippen LogP) is 8.27. The third kappa shape index (κ3) is 6.25. The summed E-state index contributed by atoms with van der Waals surface area (Å²) in [6.45, 7) is 17.7. The molecule has 30 heavy (non-hydrogen) atoms. The van der Waals surface area contributed by atoms with Gasteiger partial charge in [-0.05, 0) is 5.56 Å². The average molecular weight is 490 g/mol. The van der Waals surface area contributed by atoms with Crippen LogP contribution in [0.1, 0.15) is 33.4 Å². The summed E-state index contributed by atoms with van der Waals surface area (Å²) in [6.07, 6.45) is 0. The van der Waals surface area contributed by atoms with Crippen molar-refractivity contribution >= 4 is 16.2 Å². The van der Waals surface area contributed by atoms with Gasteiger partial charge in [-0.3, -0.25) is 0 Å². The summed E-state index contributed by atoms with van der Waals surface area (Å²) in [5, 5.41) is 2.75. The van der Waals surface area contributed by atoms with Gasteiger partial charge in [0.1, 0.15) is 0 Å². The van der Waals surface area contributed by atoms with Crippen LogP contribution in [0.15, 0.2) is 60.7 Å². The maximum absolute atomic E-state index is 2.31. The van der Waals surface area contributed by atoms with Gasteiger partial charge in [0.05, 0.1) is 0 Å². The summed E-state index contributed by atoms with van der Waals surface area (Å²) in [5.74, 6) is 0. The van der Waals surface area contributed by atoms with Crippen LogP contribution in [0.3, 0.4) is 0 Å². The van der Waals surface area contributed by atoms with E-state index in [9.17, 15) is 0 Å². The van der Waals surface area contributed by atoms with Crippen molar-refractivity contribution in [1.82, 2.24) is 0 Å². The Hall–Kier alpha value is -1.50. The molecule has 4 aromatic carbocycles. The first-order chi connectivity index (χ1) is 14.1. The molecule has 0 unspecified atom stereocenters. The molecule has 0 heterocycles. The molecular weight excluding hydrogens is 456 g/mol. The van der Waals surface area contributed by atoms with E-state index in [1.807, 2.05) is 0 Å². The zero-order chi connectivity index (χ0) is 22.4. The summed E-state index contributed by atoms with van der Waals surface area (Å²) in [5.41, 5.74) is 11.4. The fraction of sp³-hybridized carbons (Fsp3) is 0.286. The molecule has 0 aliphatic rings. The van der Waals surface area contributed by atoms with Crippen molar-refractivity contribution < 1.29 is 23.3 Å². The van der Waals surface area contributed by atoms with Gasteiger partial charge in [-0.25, -0.2) is 0 Å². The Balaban J connectivity index is 0.000000207. The van der Waals surface area contributed by atoms with Gasteiger partial charge in [-0.15, -0.1) is 34.5 Å². The zero-order valence-electron chi connectivity index (χ0n) is 19.8. The maximum atomic E-state index is 2.31. The van der Waals surface area contributed by atoms with Crippen LogP contribution in [0.4, 0.5) is 0 Å². The molecule has 0 atom stereocenters. The Labute approximate surface area is 198 Å². The van der Waals surface area contributed by atoms with Gasteiger partial charge in [-0.2, -0.15) is 33.9 Å². The van der Waals surface area contributed by atoms with Gasteiger partial charge in [0.25, 0.3) is 0 Å². The van der Waals surface area contributed by atoms with Gasteiger partial charge < -0.3 is 0 Å². The van der Waals surface area contributed by atoms with E-state index >= 15 is 0 Å². The number of rotatable bonds is 1. The fourth-order valence-electron chi connectivity index (χ4n) is 3.64. The topological polar surface area (TPSA) is 0 Å². The molecule has 0 aliphatic heterocycles. The van der Waals surface area contributed by atoms with Crippen molar-refractivity contribution in [3.63, 3.8) is 0 Å². The van der Waals surface area contributed by atoms with E-state index < -0.39 is 0 Å². The molecule has 0 saturated heterocycles. The summed E-state index contributed by atoms with van der Waals surface area (Å²) in [6, 6.07) is 21.7. The number of hydrogen-bond donors (Lipinski definition) is 0. The molecule has 0 aliphatic carbocycles. The first-order valence-corrected chi connectivity index (χ1v) is 16.7. The van der Waals surface area contributed by atoms with E-state index in [2.05, 4.69) is 115 Å². The third-order valence-electron chi connectivity index (χ3n) is 5.70. The monoisotopic (exact) mass is 488 g/mol. The van der Waals surface area contributed by atoms with Crippen LogP contribution in [0.25, 0.3) is 21.9 Å². The van der Waals surface area contributed by atoms with Crippen LogP contribution in [0.2, 0.25) is 13.1 Å². The molecule has 0 N–H and O–H groups in total. The standard InChI is InChI=1S/C17H15.C9H13.C2H6Si.Zr/c1-12-11-15-9-6-10-16(17(15)13(12)2)14-7-4-3-5-8-14;1-6-5-7(2)9(4)8(6)3;1-3-2;/h3-11H,1-2H3;5H,1-4H3;1-2H3;/q2*-1;;+2. The predicted molar refractivity (Wildman–Crippen MR) is 133 cm³/mol. The average Bonchev–Trinajstić information content (AvgIpc) is 3.12. The van der Waals surface area contributed by atoms with Crippen molar-refractivity contribution in [2.45, 2.75) is 54.6 Å². The first kappa shape index (κ1) is 24.8. The Morgan fingerprint density at radius 3 is 1.60 bits per heavy atom. The van der Waals surface area contributed by atoms with Gasteiger partial charge in [-0.1, -0.05) is 83.5 Å². The molecular formula is C28H34SiZr. The minimum absolute atomic E-state index is 0.210. The Morgan fingerprint density at radius 1 is 0.633 bits per heavy atom. The molecule has 4 rings (SSSR count). The molecule has 0 amide bonds. The molecule has 0 saturated carbocycles. The minimum atomic E-state index is 0.210. The first-order valence-electron chi connectivity index (χ1n) is 10.6. The van der Waals surface area contributed by atoms with Crippen LogP contribution in [-0.4, -0.2) is 5.43 Å². The number of fused-ring (bicyclic) bond motifs is 1. The van der Waals surface area contributed by atoms with Crippen LogP contribution < -0.4 is 0 Å². The maximum Gasteiger partial charge on any atom is -0.0279 e. The normalized spacial score (nSPS) is 10.2. The Morgan fingerprint density at radius 2 is 1.13 bits per heavy atom. The molecule has 0 aromatic heterocycles. The van der Waals surface area contributed by atoms with Crippen molar-refractivity contribution in [1.29, 1.82) is 0 Å². The fourth-order valence-corrected chi connectivity index (χ4v) is 3.64. The van der Waals surface area contributed by atoms with E-state index in [0.29, 0.717) is 0 Å². The van der Waals surface area contributed by atoms with E-state index in [-0.39, 0.29) is 5.43 Å². The summed E-state index contributed by atoms with van der Waals surface area (Å²) in [7, 11) is 0. The minimum Gasteiger partial charge on any atom is -0.196 e. The molecule has 0 fully saturated rings. The van der Waals surface area contributed by atoms with Crippen LogP contribution in [-0.2, 0) is 23.3 Å². The van der Waals surface area contributed by atoms with Gasteiger partial charge in [0, 0.05) is 0 Å². The third-order valence-corrected chi connectivity index (χ3v) is 5.70. The second-order valence-corrected chi connectivity index (χ2v) is 17.7. The quantitative estimate of drug-likeness (QED) is 0.186. The van der Waals surface area contributed by atoms with Crippen LogP contribution >= 0.6 is 0 Å². The van der Waals surface area contributed by atoms with E-state index in [1.54, 1.807) is 23.3 Å². The number of hydrogen-bond acceptors (Lipinski definition) is 0. The molecule has 154 valence electrons. The van der Waals surface area contributed by atoms with Crippen molar-refractivity contribution in [3.8, 4) is 11.1 Å². The van der Waals surface area contributed by atoms with Crippen LogP contribution in [0.5, 0.6) is 0 Å². The molecule has 2 heteroatoms. The molecule has 0 spiro atoms. The Bertz CT molecular complexity index is 1100. The SMILES string of the molecule is C[Si](C)=[Zr+2].Cc1[cH-]c(C)c(C)c1C.Cc1[cH-]c2cccc(-c3ccccc3)c2c1C. The van der Waals surface area contributed by atoms with E-state index in [0.717, 1.165) is 0 Å². The molecule has 0 radical (unpaired) electrons. The molecule has 0 bridgehead atoms. The van der Waals surface area contributed by atoms with Gasteiger partial charge in [0.15, 0.2) is 0 Å². The van der Waals surface area contributed by atoms with E-state index in [1.165, 1.54) is 55.3 Å². The van der Waals surface area contributed by atoms with Gasteiger partial charge >= 0.3 is 41.9 Å². The summed E-state index contributed by atoms with van der Waals surface area (Å²) in [4.78, 5) is 0. The zero-order valence-corrected chi connectivity index (χ0v) is 23.2.